The summed E-state index contributed by atoms with van der Waals surface area (Å²) in [6.07, 6.45) is 2.24. The molecule has 1 unspecified atom stereocenters. The van der Waals surface area contributed by atoms with Crippen molar-refractivity contribution in [3.63, 3.8) is 0 Å². The van der Waals surface area contributed by atoms with Crippen molar-refractivity contribution < 1.29 is 17.9 Å². The van der Waals surface area contributed by atoms with Crippen LogP contribution in [-0.2, 0) is 25.1 Å². The summed E-state index contributed by atoms with van der Waals surface area (Å²) >= 11 is 7.70. The van der Waals surface area contributed by atoms with E-state index in [9.17, 15) is 13.2 Å². The van der Waals surface area contributed by atoms with Gasteiger partial charge < -0.3 is 4.74 Å². The lowest BCUT2D eigenvalue weighted by atomic mass is 10.2. The van der Waals surface area contributed by atoms with E-state index in [1.165, 1.54) is 11.3 Å². The molecule has 1 atom stereocenters. The van der Waals surface area contributed by atoms with Gasteiger partial charge in [-0.3, -0.25) is 9.69 Å². The predicted octanol–water partition coefficient (Wildman–Crippen LogP) is 5.17. The van der Waals surface area contributed by atoms with E-state index < -0.39 is 9.84 Å². The number of rotatable bonds is 9. The van der Waals surface area contributed by atoms with Gasteiger partial charge in [-0.05, 0) is 49.4 Å². The number of nitrogens with zero attached hydrogens (tertiary/aromatic N) is 2. The Bertz CT molecular complexity index is 1220. The summed E-state index contributed by atoms with van der Waals surface area (Å²) in [5.74, 6) is -0.182. The van der Waals surface area contributed by atoms with Gasteiger partial charge in [-0.2, -0.15) is 0 Å². The van der Waals surface area contributed by atoms with Crippen molar-refractivity contribution in [1.29, 1.82) is 0 Å². The number of anilines is 1. The summed E-state index contributed by atoms with van der Waals surface area (Å²) < 4.78 is 31.8. The standard InChI is InChI=1S/C24H27ClN2O4S2/c1-17-20(25)11-12-21-23(17)26-24(32-21)27(15-19-9-5-13-31-19)22(28)10-6-14-33(29,30)16-18-7-3-2-4-8-18/h2-4,7-8,11-12,19H,5-6,9-10,13-16H2,1H3. The number of aromatic nitrogens is 1. The second-order valence-corrected chi connectivity index (χ2v) is 11.9. The minimum atomic E-state index is -3.30. The minimum Gasteiger partial charge on any atom is -0.376 e. The molecule has 2 aromatic carbocycles. The van der Waals surface area contributed by atoms with E-state index in [2.05, 4.69) is 0 Å². The van der Waals surface area contributed by atoms with Crippen LogP contribution in [0.3, 0.4) is 0 Å². The van der Waals surface area contributed by atoms with Gasteiger partial charge in [0.2, 0.25) is 5.91 Å². The first-order chi connectivity index (χ1) is 15.8. The van der Waals surface area contributed by atoms with Gasteiger partial charge in [0.15, 0.2) is 15.0 Å². The first-order valence-electron chi connectivity index (χ1n) is 11.0. The lowest BCUT2D eigenvalue weighted by Gasteiger charge is -2.23. The van der Waals surface area contributed by atoms with Crippen molar-refractivity contribution >= 4 is 54.0 Å². The maximum Gasteiger partial charge on any atom is 0.228 e. The number of fused-ring (bicyclic) bond motifs is 1. The van der Waals surface area contributed by atoms with E-state index >= 15 is 0 Å². The molecule has 3 aromatic rings. The molecular weight excluding hydrogens is 480 g/mol. The van der Waals surface area contributed by atoms with E-state index in [1.807, 2.05) is 37.3 Å². The minimum absolute atomic E-state index is 0.0143. The Morgan fingerprint density at radius 1 is 1.24 bits per heavy atom. The Labute approximate surface area is 203 Å². The van der Waals surface area contributed by atoms with Crippen LogP contribution in [0.1, 0.15) is 36.8 Å². The lowest BCUT2D eigenvalue weighted by molar-refractivity contribution is -0.119. The summed E-state index contributed by atoms with van der Waals surface area (Å²) in [5.41, 5.74) is 2.43. The zero-order valence-corrected chi connectivity index (χ0v) is 20.9. The fraction of sp³-hybridized carbons (Fsp3) is 0.417. The van der Waals surface area contributed by atoms with Gasteiger partial charge in [0.1, 0.15) is 0 Å². The lowest BCUT2D eigenvalue weighted by Crippen LogP contribution is -2.37. The molecule has 0 saturated carbocycles. The molecule has 1 aliphatic rings. The molecule has 0 radical (unpaired) electrons. The van der Waals surface area contributed by atoms with Crippen LogP contribution in [0.15, 0.2) is 42.5 Å². The first-order valence-corrected chi connectivity index (χ1v) is 14.1. The number of carbonyl (C=O) groups excluding carboxylic acids is 1. The first kappa shape index (κ1) is 24.1. The van der Waals surface area contributed by atoms with E-state index in [-0.39, 0.29) is 36.4 Å². The number of carbonyl (C=O) groups is 1. The summed E-state index contributed by atoms with van der Waals surface area (Å²) in [4.78, 5) is 19.6. The Morgan fingerprint density at radius 3 is 2.76 bits per heavy atom. The summed E-state index contributed by atoms with van der Waals surface area (Å²) in [6, 6.07) is 12.9. The van der Waals surface area contributed by atoms with Crippen LogP contribution in [-0.4, -0.2) is 44.3 Å². The molecule has 0 N–H and O–H groups in total. The predicted molar refractivity (Wildman–Crippen MR) is 134 cm³/mol. The number of halogens is 1. The van der Waals surface area contributed by atoms with Crippen molar-refractivity contribution in [1.82, 2.24) is 4.98 Å². The zero-order valence-electron chi connectivity index (χ0n) is 18.5. The Hall–Kier alpha value is -2.00. The Morgan fingerprint density at radius 2 is 2.03 bits per heavy atom. The highest BCUT2D eigenvalue weighted by Crippen LogP contribution is 2.34. The molecule has 33 heavy (non-hydrogen) atoms. The molecule has 0 aliphatic carbocycles. The number of sulfone groups is 1. The van der Waals surface area contributed by atoms with Gasteiger partial charge in [0, 0.05) is 18.1 Å². The smallest absolute Gasteiger partial charge is 0.228 e. The third-order valence-corrected chi connectivity index (χ3v) is 8.89. The largest absolute Gasteiger partial charge is 0.376 e. The monoisotopic (exact) mass is 506 g/mol. The number of hydrogen-bond acceptors (Lipinski definition) is 6. The van der Waals surface area contributed by atoms with Crippen LogP contribution >= 0.6 is 22.9 Å². The normalized spacial score (nSPS) is 16.4. The molecular formula is C24H27ClN2O4S2. The van der Waals surface area contributed by atoms with Crippen molar-refractivity contribution in [2.75, 3.05) is 23.8 Å². The Kier molecular flexibility index (Phi) is 7.69. The molecule has 6 nitrogen and oxygen atoms in total. The maximum absolute atomic E-state index is 13.2. The van der Waals surface area contributed by atoms with Crippen molar-refractivity contribution in [2.24, 2.45) is 0 Å². The van der Waals surface area contributed by atoms with Crippen molar-refractivity contribution in [3.05, 3.63) is 58.6 Å². The van der Waals surface area contributed by atoms with E-state index in [0.29, 0.717) is 23.3 Å². The van der Waals surface area contributed by atoms with Crippen LogP contribution in [0.5, 0.6) is 0 Å². The molecule has 1 amide bonds. The second-order valence-electron chi connectivity index (χ2n) is 8.34. The summed E-state index contributed by atoms with van der Waals surface area (Å²) in [5, 5.41) is 1.24. The van der Waals surface area contributed by atoms with Gasteiger partial charge >= 0.3 is 0 Å². The molecule has 1 fully saturated rings. The van der Waals surface area contributed by atoms with Gasteiger partial charge in [0.05, 0.1) is 34.4 Å². The molecule has 4 rings (SSSR count). The number of hydrogen-bond donors (Lipinski definition) is 0. The number of aryl methyl sites for hydroxylation is 1. The highest BCUT2D eigenvalue weighted by Gasteiger charge is 2.27. The number of thiazole rings is 1. The van der Waals surface area contributed by atoms with Gasteiger partial charge in [-0.15, -0.1) is 0 Å². The molecule has 1 saturated heterocycles. The quantitative estimate of drug-likeness (QED) is 0.400. The summed E-state index contributed by atoms with van der Waals surface area (Å²) in [7, 11) is -3.30. The second kappa shape index (κ2) is 10.5. The van der Waals surface area contributed by atoms with Gasteiger partial charge in [-0.1, -0.05) is 53.3 Å². The fourth-order valence-corrected chi connectivity index (χ4v) is 6.59. The molecule has 1 aromatic heterocycles. The van der Waals surface area contributed by atoms with Crippen molar-refractivity contribution in [2.45, 2.75) is 44.5 Å². The van der Waals surface area contributed by atoms with Crippen LogP contribution in [0.2, 0.25) is 5.02 Å². The van der Waals surface area contributed by atoms with Gasteiger partial charge in [0.25, 0.3) is 0 Å². The number of amides is 1. The third-order valence-electron chi connectivity index (χ3n) is 5.75. The highest BCUT2D eigenvalue weighted by molar-refractivity contribution is 7.90. The van der Waals surface area contributed by atoms with Crippen LogP contribution in [0.25, 0.3) is 10.2 Å². The molecule has 176 valence electrons. The average molecular weight is 507 g/mol. The van der Waals surface area contributed by atoms with Crippen LogP contribution in [0.4, 0.5) is 5.13 Å². The topological polar surface area (TPSA) is 76.6 Å². The number of ether oxygens (including phenoxy) is 1. The maximum atomic E-state index is 13.2. The average Bonchev–Trinajstić information content (AvgIpc) is 3.45. The van der Waals surface area contributed by atoms with Crippen molar-refractivity contribution in [3.8, 4) is 0 Å². The Balaban J connectivity index is 1.46. The third kappa shape index (κ3) is 6.12. The fourth-order valence-electron chi connectivity index (χ4n) is 3.96. The molecule has 0 bridgehead atoms. The highest BCUT2D eigenvalue weighted by atomic mass is 35.5. The zero-order chi connectivity index (χ0) is 23.4. The van der Waals surface area contributed by atoms with Gasteiger partial charge in [-0.25, -0.2) is 13.4 Å². The number of benzene rings is 2. The van der Waals surface area contributed by atoms with E-state index in [0.717, 1.165) is 34.2 Å². The van der Waals surface area contributed by atoms with Crippen LogP contribution in [0, 0.1) is 6.92 Å². The molecule has 1 aliphatic heterocycles. The molecule has 2 heterocycles. The van der Waals surface area contributed by atoms with E-state index in [1.54, 1.807) is 17.0 Å². The molecule has 9 heteroatoms. The SMILES string of the molecule is Cc1c(Cl)ccc2sc(N(CC3CCCO3)C(=O)CCCS(=O)(=O)Cc3ccccc3)nc12. The summed E-state index contributed by atoms with van der Waals surface area (Å²) in [6.45, 7) is 3.03. The molecule has 0 spiro atoms. The van der Waals surface area contributed by atoms with E-state index in [4.69, 9.17) is 21.3 Å². The van der Waals surface area contributed by atoms with Crippen LogP contribution < -0.4 is 4.90 Å².